The first-order valence-electron chi connectivity index (χ1n) is 8.04. The summed E-state index contributed by atoms with van der Waals surface area (Å²) in [6, 6.07) is 0. The van der Waals surface area contributed by atoms with E-state index in [1.54, 1.807) is 21.3 Å². The first-order chi connectivity index (χ1) is 10.5. The molecule has 2 fully saturated rings. The fourth-order valence-electron chi connectivity index (χ4n) is 3.28. The molecule has 8 unspecified atom stereocenters. The summed E-state index contributed by atoms with van der Waals surface area (Å²) in [4.78, 5) is 0. The predicted octanol–water partition coefficient (Wildman–Crippen LogP) is 1.95. The molecule has 0 radical (unpaired) electrons. The van der Waals surface area contributed by atoms with Crippen LogP contribution in [0.3, 0.4) is 0 Å². The van der Waals surface area contributed by atoms with E-state index in [2.05, 4.69) is 13.8 Å². The molecule has 2 aliphatic heterocycles. The van der Waals surface area contributed by atoms with E-state index in [1.807, 2.05) is 6.92 Å². The molecule has 0 aliphatic carbocycles. The largest absolute Gasteiger partial charge is 0.381 e. The van der Waals surface area contributed by atoms with Gasteiger partial charge in [-0.1, -0.05) is 6.92 Å². The predicted molar refractivity (Wildman–Crippen MR) is 80.5 cm³/mol. The van der Waals surface area contributed by atoms with Gasteiger partial charge in [-0.3, -0.25) is 0 Å². The smallest absolute Gasteiger partial charge is 0.161 e. The highest BCUT2D eigenvalue weighted by molar-refractivity contribution is 4.85. The molecule has 0 aromatic rings. The average molecular weight is 318 g/mol. The SMILES string of the molecule is COC1CC(OC)C(OC2CC(OC)C(C)C(C)O2)C(C)O1. The van der Waals surface area contributed by atoms with Crippen LogP contribution in [0.1, 0.15) is 33.6 Å². The van der Waals surface area contributed by atoms with Crippen molar-refractivity contribution >= 4 is 0 Å². The van der Waals surface area contributed by atoms with E-state index >= 15 is 0 Å². The van der Waals surface area contributed by atoms with E-state index in [0.717, 1.165) is 6.42 Å². The van der Waals surface area contributed by atoms with Crippen molar-refractivity contribution < 1.29 is 28.4 Å². The highest BCUT2D eigenvalue weighted by atomic mass is 16.7. The topological polar surface area (TPSA) is 55.4 Å². The van der Waals surface area contributed by atoms with Crippen LogP contribution < -0.4 is 0 Å². The summed E-state index contributed by atoms with van der Waals surface area (Å²) in [5.41, 5.74) is 0. The monoisotopic (exact) mass is 318 g/mol. The second kappa shape index (κ2) is 8.04. The molecule has 0 aromatic heterocycles. The molecule has 2 saturated heterocycles. The second-order valence-electron chi connectivity index (χ2n) is 6.26. The molecule has 6 nitrogen and oxygen atoms in total. The van der Waals surface area contributed by atoms with Gasteiger partial charge in [-0.05, 0) is 13.8 Å². The van der Waals surface area contributed by atoms with Gasteiger partial charge in [0.05, 0.1) is 24.4 Å². The summed E-state index contributed by atoms with van der Waals surface area (Å²) in [6.07, 6.45) is 0.665. The lowest BCUT2D eigenvalue weighted by atomic mass is 9.93. The van der Waals surface area contributed by atoms with Crippen LogP contribution in [0.25, 0.3) is 0 Å². The third-order valence-electron chi connectivity index (χ3n) is 4.92. The Morgan fingerprint density at radius 3 is 1.91 bits per heavy atom. The van der Waals surface area contributed by atoms with Crippen molar-refractivity contribution in [1.82, 2.24) is 0 Å². The molecule has 0 aromatic carbocycles. The quantitative estimate of drug-likeness (QED) is 0.772. The fraction of sp³-hybridized carbons (Fsp3) is 1.00. The first kappa shape index (κ1) is 18.1. The van der Waals surface area contributed by atoms with Crippen molar-refractivity contribution in [2.75, 3.05) is 21.3 Å². The van der Waals surface area contributed by atoms with E-state index in [1.165, 1.54) is 0 Å². The van der Waals surface area contributed by atoms with Crippen LogP contribution in [-0.4, -0.2) is 64.4 Å². The third-order valence-corrected chi connectivity index (χ3v) is 4.92. The molecule has 0 bridgehead atoms. The van der Waals surface area contributed by atoms with E-state index in [-0.39, 0.29) is 43.1 Å². The van der Waals surface area contributed by atoms with Crippen LogP contribution in [-0.2, 0) is 28.4 Å². The molecule has 2 heterocycles. The third kappa shape index (κ3) is 3.99. The Morgan fingerprint density at radius 1 is 0.727 bits per heavy atom. The summed E-state index contributed by atoms with van der Waals surface area (Å²) in [5.74, 6) is 0.348. The van der Waals surface area contributed by atoms with Crippen molar-refractivity contribution in [3.63, 3.8) is 0 Å². The van der Waals surface area contributed by atoms with Crippen molar-refractivity contribution in [1.29, 1.82) is 0 Å². The van der Waals surface area contributed by atoms with E-state index in [4.69, 9.17) is 28.4 Å². The minimum Gasteiger partial charge on any atom is -0.381 e. The second-order valence-corrected chi connectivity index (χ2v) is 6.26. The Kier molecular flexibility index (Phi) is 6.61. The molecule has 2 rings (SSSR count). The highest BCUT2D eigenvalue weighted by Crippen LogP contribution is 2.32. The molecule has 130 valence electrons. The Balaban J connectivity index is 1.99. The Labute approximate surface area is 133 Å². The van der Waals surface area contributed by atoms with Crippen LogP contribution in [0, 0.1) is 5.92 Å². The van der Waals surface area contributed by atoms with Crippen LogP contribution in [0.15, 0.2) is 0 Å². The lowest BCUT2D eigenvalue weighted by Gasteiger charge is -2.43. The zero-order valence-electron chi connectivity index (χ0n) is 14.5. The summed E-state index contributed by atoms with van der Waals surface area (Å²) in [6.45, 7) is 6.18. The molecule has 0 N–H and O–H groups in total. The number of rotatable bonds is 5. The molecule has 22 heavy (non-hydrogen) atoms. The normalized spacial score (nSPS) is 46.6. The standard InChI is InChI=1S/C16H30O6/c1-9-10(2)20-15(7-12(9)17-4)22-16-11(3)21-14(19-6)8-13(16)18-5/h9-16H,7-8H2,1-6H3. The van der Waals surface area contributed by atoms with E-state index in [0.29, 0.717) is 12.3 Å². The Bertz CT molecular complexity index is 339. The zero-order chi connectivity index (χ0) is 16.3. The van der Waals surface area contributed by atoms with Crippen molar-refractivity contribution in [3.05, 3.63) is 0 Å². The van der Waals surface area contributed by atoms with Gasteiger partial charge in [0.1, 0.15) is 6.10 Å². The molecule has 2 aliphatic rings. The summed E-state index contributed by atoms with van der Waals surface area (Å²) < 4.78 is 34.4. The molecule has 6 heteroatoms. The van der Waals surface area contributed by atoms with Crippen molar-refractivity contribution in [3.8, 4) is 0 Å². The fourth-order valence-corrected chi connectivity index (χ4v) is 3.28. The minimum absolute atomic E-state index is 0.0760. The van der Waals surface area contributed by atoms with Gasteiger partial charge in [-0.2, -0.15) is 0 Å². The lowest BCUT2D eigenvalue weighted by Crippen LogP contribution is -2.53. The molecular weight excluding hydrogens is 288 g/mol. The maximum Gasteiger partial charge on any atom is 0.161 e. The van der Waals surface area contributed by atoms with Crippen LogP contribution in [0.2, 0.25) is 0 Å². The number of hydrogen-bond donors (Lipinski definition) is 0. The average Bonchev–Trinajstić information content (AvgIpc) is 2.52. The molecular formula is C16H30O6. The van der Waals surface area contributed by atoms with Crippen LogP contribution in [0.5, 0.6) is 0 Å². The van der Waals surface area contributed by atoms with Crippen LogP contribution in [0.4, 0.5) is 0 Å². The molecule has 0 saturated carbocycles. The maximum absolute atomic E-state index is 6.18. The summed E-state index contributed by atoms with van der Waals surface area (Å²) in [7, 11) is 5.07. The number of hydrogen-bond acceptors (Lipinski definition) is 6. The Hall–Kier alpha value is -0.240. The van der Waals surface area contributed by atoms with Crippen molar-refractivity contribution in [2.24, 2.45) is 5.92 Å². The highest BCUT2D eigenvalue weighted by Gasteiger charge is 2.42. The van der Waals surface area contributed by atoms with Gasteiger partial charge in [0.2, 0.25) is 0 Å². The molecule has 8 atom stereocenters. The number of ether oxygens (including phenoxy) is 6. The summed E-state index contributed by atoms with van der Waals surface area (Å²) >= 11 is 0. The Morgan fingerprint density at radius 2 is 1.32 bits per heavy atom. The zero-order valence-corrected chi connectivity index (χ0v) is 14.5. The van der Waals surface area contributed by atoms with Gasteiger partial charge in [-0.25, -0.2) is 0 Å². The van der Waals surface area contributed by atoms with E-state index < -0.39 is 0 Å². The van der Waals surface area contributed by atoms with Crippen molar-refractivity contribution in [2.45, 2.75) is 76.7 Å². The first-order valence-corrected chi connectivity index (χ1v) is 8.04. The maximum atomic E-state index is 6.18. The lowest BCUT2D eigenvalue weighted by molar-refractivity contribution is -0.307. The van der Waals surface area contributed by atoms with Gasteiger partial charge < -0.3 is 28.4 Å². The minimum atomic E-state index is -0.302. The molecule has 0 amide bonds. The molecule has 0 spiro atoms. The van der Waals surface area contributed by atoms with Gasteiger partial charge in [0, 0.05) is 40.1 Å². The van der Waals surface area contributed by atoms with Gasteiger partial charge in [0.25, 0.3) is 0 Å². The van der Waals surface area contributed by atoms with Gasteiger partial charge in [0.15, 0.2) is 12.6 Å². The number of methoxy groups -OCH3 is 3. The van der Waals surface area contributed by atoms with Gasteiger partial charge >= 0.3 is 0 Å². The van der Waals surface area contributed by atoms with Gasteiger partial charge in [-0.15, -0.1) is 0 Å². The van der Waals surface area contributed by atoms with E-state index in [9.17, 15) is 0 Å². The van der Waals surface area contributed by atoms with Crippen LogP contribution >= 0.6 is 0 Å². The summed E-state index contributed by atoms with van der Waals surface area (Å²) in [5, 5.41) is 0.